The largest absolute Gasteiger partial charge is 0.396 e. The molecule has 3 heterocycles. The normalized spacial score (nSPS) is 18.9. The van der Waals surface area contributed by atoms with Gasteiger partial charge in [-0.1, -0.05) is 19.9 Å². The molecule has 0 unspecified atom stereocenters. The number of aliphatic hydroxyl groups is 1. The van der Waals surface area contributed by atoms with Gasteiger partial charge in [0.25, 0.3) is 5.91 Å². The van der Waals surface area contributed by atoms with Gasteiger partial charge >= 0.3 is 0 Å². The van der Waals surface area contributed by atoms with Gasteiger partial charge < -0.3 is 14.7 Å². The van der Waals surface area contributed by atoms with Gasteiger partial charge in [0.1, 0.15) is 17.3 Å². The van der Waals surface area contributed by atoms with Crippen LogP contribution in [-0.4, -0.2) is 70.8 Å². The van der Waals surface area contributed by atoms with Crippen molar-refractivity contribution in [2.24, 2.45) is 0 Å². The number of amides is 1. The maximum absolute atomic E-state index is 14.7. The van der Waals surface area contributed by atoms with E-state index in [9.17, 15) is 13.6 Å². The van der Waals surface area contributed by atoms with Crippen LogP contribution in [-0.2, 0) is 17.7 Å². The number of aromatic nitrogens is 1. The molecule has 2 aliphatic rings. The van der Waals surface area contributed by atoms with E-state index in [1.165, 1.54) is 23.5 Å². The Kier molecular flexibility index (Phi) is 7.43. The molecule has 9 heteroatoms. The molecule has 4 rings (SSSR count). The molecule has 1 spiro atoms. The van der Waals surface area contributed by atoms with Gasteiger partial charge in [0, 0.05) is 61.6 Å². The van der Waals surface area contributed by atoms with Crippen LogP contribution >= 0.6 is 11.3 Å². The lowest BCUT2D eigenvalue weighted by Crippen LogP contribution is -2.58. The topological polar surface area (TPSA) is 65.9 Å². The zero-order valence-electron chi connectivity index (χ0n) is 19.1. The lowest BCUT2D eigenvalue weighted by molar-refractivity contribution is -0.128. The van der Waals surface area contributed by atoms with Gasteiger partial charge in [-0.25, -0.2) is 13.8 Å². The number of morpholine rings is 1. The molecule has 180 valence electrons. The number of rotatable bonds is 6. The number of carbonyl (C=O) groups is 1. The Morgan fingerprint density at radius 2 is 2.03 bits per heavy atom. The zero-order valence-corrected chi connectivity index (χ0v) is 20.0. The van der Waals surface area contributed by atoms with Crippen molar-refractivity contribution in [2.75, 3.05) is 39.4 Å². The van der Waals surface area contributed by atoms with Crippen molar-refractivity contribution in [3.05, 3.63) is 51.0 Å². The second-order valence-electron chi connectivity index (χ2n) is 9.23. The standard InChI is InChI=1S/C24H31F2N3O3S/c1-16(2)22-27-20(14-33-22)23(31)29-10-12-32-24(15-29)6-8-28(9-7-24)13-17-3-4-19(25)18(5-11-30)21(17)26/h3-4,14,16,30H,5-13,15H2,1-2H3. The monoisotopic (exact) mass is 479 g/mol. The van der Waals surface area contributed by atoms with Crippen molar-refractivity contribution < 1.29 is 23.4 Å². The van der Waals surface area contributed by atoms with Crippen molar-refractivity contribution in [2.45, 2.75) is 51.2 Å². The smallest absolute Gasteiger partial charge is 0.273 e. The molecular formula is C24H31F2N3O3S. The summed E-state index contributed by atoms with van der Waals surface area (Å²) in [6, 6.07) is 2.75. The minimum Gasteiger partial charge on any atom is -0.396 e. The summed E-state index contributed by atoms with van der Waals surface area (Å²) in [7, 11) is 0. The van der Waals surface area contributed by atoms with Crippen molar-refractivity contribution in [3.63, 3.8) is 0 Å². The molecular weight excluding hydrogens is 448 g/mol. The van der Waals surface area contributed by atoms with E-state index in [-0.39, 0.29) is 24.5 Å². The quantitative estimate of drug-likeness (QED) is 0.686. The molecule has 0 saturated carbocycles. The highest BCUT2D eigenvalue weighted by Crippen LogP contribution is 2.32. The fourth-order valence-corrected chi connectivity index (χ4v) is 5.41. The van der Waals surface area contributed by atoms with E-state index in [2.05, 4.69) is 23.7 Å². The number of hydrogen-bond acceptors (Lipinski definition) is 6. The van der Waals surface area contributed by atoms with Crippen molar-refractivity contribution >= 4 is 17.2 Å². The van der Waals surface area contributed by atoms with Gasteiger partial charge in [0.2, 0.25) is 0 Å². The van der Waals surface area contributed by atoms with Crippen LogP contribution in [0.3, 0.4) is 0 Å². The lowest BCUT2D eigenvalue weighted by Gasteiger charge is -2.47. The first kappa shape index (κ1) is 24.2. The molecule has 0 radical (unpaired) electrons. The molecule has 6 nitrogen and oxygen atoms in total. The van der Waals surface area contributed by atoms with Crippen LogP contribution in [0.15, 0.2) is 17.5 Å². The van der Waals surface area contributed by atoms with Gasteiger partial charge in [0.15, 0.2) is 0 Å². The highest BCUT2D eigenvalue weighted by atomic mass is 32.1. The fourth-order valence-electron chi connectivity index (χ4n) is 4.60. The molecule has 1 aromatic carbocycles. The average molecular weight is 480 g/mol. The first-order valence-electron chi connectivity index (χ1n) is 11.5. The van der Waals surface area contributed by atoms with Crippen LogP contribution in [0.4, 0.5) is 8.78 Å². The second kappa shape index (κ2) is 10.1. The molecule has 1 amide bonds. The number of halogens is 2. The van der Waals surface area contributed by atoms with Gasteiger partial charge in [-0.2, -0.15) is 0 Å². The van der Waals surface area contributed by atoms with Gasteiger partial charge in [-0.15, -0.1) is 11.3 Å². The number of likely N-dealkylation sites (tertiary alicyclic amines) is 1. The van der Waals surface area contributed by atoms with E-state index in [0.717, 1.165) is 17.8 Å². The van der Waals surface area contributed by atoms with E-state index in [4.69, 9.17) is 9.84 Å². The van der Waals surface area contributed by atoms with Crippen molar-refractivity contribution in [1.82, 2.24) is 14.8 Å². The number of piperidine rings is 1. The third kappa shape index (κ3) is 5.26. The van der Waals surface area contributed by atoms with Crippen molar-refractivity contribution in [3.8, 4) is 0 Å². The number of ether oxygens (including phenoxy) is 1. The Morgan fingerprint density at radius 1 is 1.27 bits per heavy atom. The molecule has 1 aromatic heterocycles. The molecule has 2 fully saturated rings. The number of carbonyl (C=O) groups excluding carboxylic acids is 1. The molecule has 1 N–H and O–H groups in total. The van der Waals surface area contributed by atoms with Crippen LogP contribution in [0.25, 0.3) is 0 Å². The first-order chi connectivity index (χ1) is 15.8. The third-order valence-corrected chi connectivity index (χ3v) is 7.71. The summed E-state index contributed by atoms with van der Waals surface area (Å²) in [5, 5.41) is 11.9. The molecule has 33 heavy (non-hydrogen) atoms. The Hall–Kier alpha value is -1.94. The highest BCUT2D eigenvalue weighted by Gasteiger charge is 2.41. The zero-order chi connectivity index (χ0) is 23.6. The van der Waals surface area contributed by atoms with Crippen LogP contribution < -0.4 is 0 Å². The molecule has 2 saturated heterocycles. The Balaban J connectivity index is 1.37. The Morgan fingerprint density at radius 3 is 2.70 bits per heavy atom. The van der Waals surface area contributed by atoms with Crippen molar-refractivity contribution in [1.29, 1.82) is 0 Å². The summed E-state index contributed by atoms with van der Waals surface area (Å²) in [4.78, 5) is 21.5. The predicted octanol–water partition coefficient (Wildman–Crippen LogP) is 3.59. The number of thiazole rings is 1. The van der Waals surface area contributed by atoms with Crippen LogP contribution in [0.1, 0.15) is 59.2 Å². The minimum absolute atomic E-state index is 0.0377. The molecule has 0 bridgehead atoms. The van der Waals surface area contributed by atoms with Gasteiger partial charge in [0.05, 0.1) is 23.8 Å². The number of nitrogens with zero attached hydrogens (tertiary/aromatic N) is 3. The van der Waals surface area contributed by atoms with Crippen LogP contribution in [0.2, 0.25) is 0 Å². The number of aliphatic hydroxyl groups excluding tert-OH is 1. The van der Waals surface area contributed by atoms with Gasteiger partial charge in [-0.05, 0) is 18.9 Å². The molecule has 2 aromatic rings. The Bertz CT molecular complexity index is 989. The minimum atomic E-state index is -0.621. The number of hydrogen-bond donors (Lipinski definition) is 1. The van der Waals surface area contributed by atoms with E-state index in [1.54, 1.807) is 0 Å². The van der Waals surface area contributed by atoms with E-state index < -0.39 is 17.2 Å². The fraction of sp³-hybridized carbons (Fsp3) is 0.583. The second-order valence-corrected chi connectivity index (χ2v) is 10.1. The molecule has 0 atom stereocenters. The van der Waals surface area contributed by atoms with E-state index in [1.807, 2.05) is 10.3 Å². The molecule has 0 aliphatic carbocycles. The maximum Gasteiger partial charge on any atom is 0.273 e. The summed E-state index contributed by atoms with van der Waals surface area (Å²) in [6.45, 7) is 7.17. The van der Waals surface area contributed by atoms with E-state index in [0.29, 0.717) is 56.5 Å². The summed E-state index contributed by atoms with van der Waals surface area (Å²) < 4.78 is 34.8. The maximum atomic E-state index is 14.7. The highest BCUT2D eigenvalue weighted by molar-refractivity contribution is 7.09. The van der Waals surface area contributed by atoms with E-state index >= 15 is 0 Å². The molecule has 2 aliphatic heterocycles. The average Bonchev–Trinajstić information content (AvgIpc) is 3.30. The lowest BCUT2D eigenvalue weighted by atomic mass is 9.89. The Labute approximate surface area is 197 Å². The van der Waals surface area contributed by atoms with Gasteiger partial charge in [-0.3, -0.25) is 9.69 Å². The van der Waals surface area contributed by atoms with Crippen LogP contribution in [0.5, 0.6) is 0 Å². The summed E-state index contributed by atoms with van der Waals surface area (Å²) in [6.07, 6.45) is 1.43. The SMILES string of the molecule is CC(C)c1nc(C(=O)N2CCOC3(CCN(Cc4ccc(F)c(CCO)c4F)CC3)C2)cs1. The summed E-state index contributed by atoms with van der Waals surface area (Å²) in [5.74, 6) is -0.946. The summed E-state index contributed by atoms with van der Waals surface area (Å²) >= 11 is 1.52. The number of benzene rings is 1. The predicted molar refractivity (Wildman–Crippen MR) is 122 cm³/mol. The van der Waals surface area contributed by atoms with Crippen LogP contribution in [0, 0.1) is 11.6 Å². The first-order valence-corrected chi connectivity index (χ1v) is 12.4. The third-order valence-electron chi connectivity index (χ3n) is 6.56. The summed E-state index contributed by atoms with van der Waals surface area (Å²) in [5.41, 5.74) is 0.478.